The topological polar surface area (TPSA) is 82.2 Å². The maximum absolute atomic E-state index is 13.1. The molecule has 0 aliphatic rings. The summed E-state index contributed by atoms with van der Waals surface area (Å²) in [6.45, 7) is 6.36. The van der Waals surface area contributed by atoms with Crippen LogP contribution in [0.2, 0.25) is 0 Å². The highest BCUT2D eigenvalue weighted by molar-refractivity contribution is 6.03. The van der Waals surface area contributed by atoms with Crippen LogP contribution in [0.4, 0.5) is 10.2 Å². The number of carbonyl (C=O) groups is 1. The van der Waals surface area contributed by atoms with Crippen LogP contribution in [-0.4, -0.2) is 20.8 Å². The molecule has 0 unspecified atom stereocenters. The molecule has 1 amide bonds. The van der Waals surface area contributed by atoms with E-state index in [0.717, 1.165) is 11.3 Å². The molecule has 0 atom stereocenters. The Bertz CT molecular complexity index is 1240. The molecule has 0 bridgehead atoms. The fourth-order valence-electron chi connectivity index (χ4n) is 3.28. The van der Waals surface area contributed by atoms with Gasteiger partial charge in [0.1, 0.15) is 23.9 Å². The zero-order chi connectivity index (χ0) is 22.7. The average Bonchev–Trinajstić information content (AvgIpc) is 3.31. The van der Waals surface area contributed by atoms with Crippen molar-refractivity contribution in [1.29, 1.82) is 0 Å². The largest absolute Gasteiger partial charge is 0.489 e. The van der Waals surface area contributed by atoms with Crippen molar-refractivity contribution in [3.63, 3.8) is 0 Å². The third-order valence-corrected chi connectivity index (χ3v) is 5.20. The predicted molar refractivity (Wildman–Crippen MR) is 117 cm³/mol. The van der Waals surface area contributed by atoms with Gasteiger partial charge in [-0.3, -0.25) is 9.48 Å². The van der Waals surface area contributed by atoms with Crippen molar-refractivity contribution in [3.05, 3.63) is 94.3 Å². The van der Waals surface area contributed by atoms with E-state index in [1.54, 1.807) is 13.0 Å². The first-order valence-corrected chi connectivity index (χ1v) is 10.1. The zero-order valence-electron chi connectivity index (χ0n) is 18.1. The highest BCUT2D eigenvalue weighted by Crippen LogP contribution is 2.20. The maximum atomic E-state index is 13.1. The smallest absolute Gasteiger partial charge is 0.279 e. The Labute approximate surface area is 184 Å². The molecule has 0 fully saturated rings. The van der Waals surface area contributed by atoms with Crippen molar-refractivity contribution < 1.29 is 18.4 Å². The SMILES string of the molecule is Cc1ccccc1Cn1nc(NC(=O)c2noc(C)c2COc2ccc(F)cc2)cc1C. The lowest BCUT2D eigenvalue weighted by molar-refractivity contribution is 0.101. The van der Waals surface area contributed by atoms with Gasteiger partial charge in [-0.1, -0.05) is 29.4 Å². The molecule has 2 aromatic heterocycles. The van der Waals surface area contributed by atoms with Crippen LogP contribution in [0.5, 0.6) is 5.75 Å². The van der Waals surface area contributed by atoms with Crippen LogP contribution >= 0.6 is 0 Å². The zero-order valence-corrected chi connectivity index (χ0v) is 18.1. The van der Waals surface area contributed by atoms with Gasteiger partial charge >= 0.3 is 0 Å². The number of hydrogen-bond acceptors (Lipinski definition) is 5. The highest BCUT2D eigenvalue weighted by Gasteiger charge is 2.21. The van der Waals surface area contributed by atoms with Gasteiger partial charge in [-0.25, -0.2) is 4.39 Å². The Morgan fingerprint density at radius 2 is 1.88 bits per heavy atom. The Morgan fingerprint density at radius 1 is 1.12 bits per heavy atom. The number of amides is 1. The molecule has 8 heteroatoms. The summed E-state index contributed by atoms with van der Waals surface area (Å²) in [4.78, 5) is 12.8. The van der Waals surface area contributed by atoms with Crippen LogP contribution in [-0.2, 0) is 13.2 Å². The van der Waals surface area contributed by atoms with Gasteiger partial charge in [0.2, 0.25) is 0 Å². The summed E-state index contributed by atoms with van der Waals surface area (Å²) < 4.78 is 25.8. The molecule has 2 aromatic carbocycles. The second kappa shape index (κ2) is 9.05. The molecule has 7 nitrogen and oxygen atoms in total. The van der Waals surface area contributed by atoms with Crippen LogP contribution in [0.1, 0.15) is 38.6 Å². The molecule has 1 N–H and O–H groups in total. The number of nitrogens with zero attached hydrogens (tertiary/aromatic N) is 3. The van der Waals surface area contributed by atoms with E-state index in [-0.39, 0.29) is 18.1 Å². The molecule has 164 valence electrons. The summed E-state index contributed by atoms with van der Waals surface area (Å²) in [6, 6.07) is 15.5. The number of hydrogen-bond donors (Lipinski definition) is 1. The number of nitrogens with one attached hydrogen (secondary N) is 1. The van der Waals surface area contributed by atoms with Crippen molar-refractivity contribution >= 4 is 11.7 Å². The fourth-order valence-corrected chi connectivity index (χ4v) is 3.28. The normalized spacial score (nSPS) is 10.9. The number of rotatable bonds is 7. The molecule has 0 aliphatic carbocycles. The van der Waals surface area contributed by atoms with E-state index in [2.05, 4.69) is 34.6 Å². The summed E-state index contributed by atoms with van der Waals surface area (Å²) in [6.07, 6.45) is 0. The van der Waals surface area contributed by atoms with Crippen molar-refractivity contribution in [2.45, 2.75) is 33.9 Å². The first-order chi connectivity index (χ1) is 15.4. The molecular formula is C24H23FN4O3. The second-order valence-corrected chi connectivity index (χ2v) is 7.52. The molecule has 0 saturated carbocycles. The number of aryl methyl sites for hydroxylation is 3. The van der Waals surface area contributed by atoms with Crippen LogP contribution in [0.25, 0.3) is 0 Å². The van der Waals surface area contributed by atoms with Crippen molar-refractivity contribution in [2.24, 2.45) is 0 Å². The summed E-state index contributed by atoms with van der Waals surface area (Å²) in [5.74, 6) is 0.574. The van der Waals surface area contributed by atoms with Crippen molar-refractivity contribution in [3.8, 4) is 5.75 Å². The number of benzene rings is 2. The predicted octanol–water partition coefficient (Wildman–Crippen LogP) is 4.82. The number of ether oxygens (including phenoxy) is 1. The van der Waals surface area contributed by atoms with Crippen LogP contribution in [0.15, 0.2) is 59.1 Å². The average molecular weight is 434 g/mol. The van der Waals surface area contributed by atoms with E-state index >= 15 is 0 Å². The quantitative estimate of drug-likeness (QED) is 0.451. The van der Waals surface area contributed by atoms with Crippen molar-refractivity contribution in [1.82, 2.24) is 14.9 Å². The number of halogens is 1. The van der Waals surface area contributed by atoms with Gasteiger partial charge < -0.3 is 14.6 Å². The van der Waals surface area contributed by atoms with Gasteiger partial charge in [0.15, 0.2) is 11.5 Å². The first kappa shape index (κ1) is 21.3. The van der Waals surface area contributed by atoms with Gasteiger partial charge in [0.05, 0.1) is 12.1 Å². The Hall–Kier alpha value is -3.94. The second-order valence-electron chi connectivity index (χ2n) is 7.52. The highest BCUT2D eigenvalue weighted by atomic mass is 19.1. The van der Waals surface area contributed by atoms with Gasteiger partial charge in [0, 0.05) is 11.8 Å². The molecule has 0 radical (unpaired) electrons. The molecule has 0 spiro atoms. The molecule has 32 heavy (non-hydrogen) atoms. The van der Waals surface area contributed by atoms with Crippen molar-refractivity contribution in [2.75, 3.05) is 5.32 Å². The Balaban J connectivity index is 1.46. The third kappa shape index (κ3) is 4.69. The van der Waals surface area contributed by atoms with Crippen LogP contribution < -0.4 is 10.1 Å². The third-order valence-electron chi connectivity index (χ3n) is 5.20. The molecular weight excluding hydrogens is 411 g/mol. The standard InChI is InChI=1S/C24H23FN4O3/c1-15-6-4-5-7-18(15)13-29-16(2)12-22(27-29)26-24(30)23-21(17(3)32-28-23)14-31-20-10-8-19(25)9-11-20/h4-12H,13-14H2,1-3H3,(H,26,27,30). The van der Waals surface area contributed by atoms with E-state index in [9.17, 15) is 9.18 Å². The fraction of sp³-hybridized carbons (Fsp3) is 0.208. The monoisotopic (exact) mass is 434 g/mol. The Morgan fingerprint density at radius 3 is 2.62 bits per heavy atom. The summed E-state index contributed by atoms with van der Waals surface area (Å²) in [5.41, 5.74) is 3.89. The first-order valence-electron chi connectivity index (χ1n) is 10.1. The van der Waals surface area contributed by atoms with E-state index in [4.69, 9.17) is 9.26 Å². The van der Waals surface area contributed by atoms with Gasteiger partial charge in [0.25, 0.3) is 5.91 Å². The lowest BCUT2D eigenvalue weighted by Crippen LogP contribution is -2.16. The Kier molecular flexibility index (Phi) is 6.02. The molecule has 0 aliphatic heterocycles. The van der Waals surface area contributed by atoms with E-state index in [0.29, 0.717) is 29.4 Å². The lowest BCUT2D eigenvalue weighted by atomic mass is 10.1. The molecule has 4 aromatic rings. The minimum Gasteiger partial charge on any atom is -0.489 e. The minimum absolute atomic E-state index is 0.0600. The van der Waals surface area contributed by atoms with Crippen LogP contribution in [0.3, 0.4) is 0 Å². The summed E-state index contributed by atoms with van der Waals surface area (Å²) in [5, 5.41) is 11.2. The number of anilines is 1. The summed E-state index contributed by atoms with van der Waals surface area (Å²) >= 11 is 0. The molecule has 2 heterocycles. The molecule has 4 rings (SSSR count). The van der Waals surface area contributed by atoms with Gasteiger partial charge in [-0.05, 0) is 56.2 Å². The maximum Gasteiger partial charge on any atom is 0.279 e. The van der Waals surface area contributed by atoms with E-state index in [1.165, 1.54) is 29.8 Å². The lowest BCUT2D eigenvalue weighted by Gasteiger charge is -2.07. The van der Waals surface area contributed by atoms with Crippen LogP contribution in [0, 0.1) is 26.6 Å². The van der Waals surface area contributed by atoms with E-state index < -0.39 is 5.91 Å². The summed E-state index contributed by atoms with van der Waals surface area (Å²) in [7, 11) is 0. The van der Waals surface area contributed by atoms with E-state index in [1.807, 2.05) is 23.7 Å². The molecule has 0 saturated heterocycles. The number of aromatic nitrogens is 3. The van der Waals surface area contributed by atoms with Gasteiger partial charge in [-0.15, -0.1) is 0 Å². The number of carbonyl (C=O) groups excluding carboxylic acids is 1. The minimum atomic E-state index is -0.444. The van der Waals surface area contributed by atoms with Gasteiger partial charge in [-0.2, -0.15) is 5.10 Å².